The molecule has 226 valence electrons. The third-order valence-electron chi connectivity index (χ3n) is 9.95. The molecule has 0 unspecified atom stereocenters. The Bertz CT molecular complexity index is 1450. The number of amides is 1. The highest BCUT2D eigenvalue weighted by atomic mass is 28.4. The van der Waals surface area contributed by atoms with Crippen molar-refractivity contribution in [1.29, 1.82) is 0 Å². The molecule has 3 aliphatic rings. The molecule has 0 radical (unpaired) electrons. The fourth-order valence-electron chi connectivity index (χ4n) is 8.30. The van der Waals surface area contributed by atoms with Crippen molar-refractivity contribution in [2.45, 2.75) is 68.9 Å². The number of carbonyl (C=O) groups excluding carboxylic acids is 2. The summed E-state index contributed by atoms with van der Waals surface area (Å²) in [4.78, 5) is 28.3. The first-order valence-corrected chi connectivity index (χ1v) is 17.0. The molecule has 0 aromatic heterocycles. The molecule has 2 heterocycles. The highest BCUT2D eigenvalue weighted by molar-refractivity contribution is 6.99. The first-order chi connectivity index (χ1) is 20.7. The number of hydrogen-bond donors (Lipinski definition) is 0. The molecular formula is C35H41NO6Si. The molecule has 1 saturated carbocycles. The van der Waals surface area contributed by atoms with Gasteiger partial charge in [-0.1, -0.05) is 99.6 Å². The minimum atomic E-state index is -2.83. The van der Waals surface area contributed by atoms with Gasteiger partial charge in [-0.25, -0.2) is 4.79 Å². The van der Waals surface area contributed by atoms with E-state index in [1.54, 1.807) is 12.0 Å². The summed E-state index contributed by atoms with van der Waals surface area (Å²) in [6, 6.07) is 29.0. The lowest BCUT2D eigenvalue weighted by molar-refractivity contribution is -0.175. The topological polar surface area (TPSA) is 74.3 Å². The summed E-state index contributed by atoms with van der Waals surface area (Å²) < 4.78 is 25.6. The minimum Gasteiger partial charge on any atom is -0.452 e. The molecule has 1 spiro atoms. The van der Waals surface area contributed by atoms with E-state index in [0.717, 1.165) is 11.3 Å². The number of rotatable bonds is 7. The smallest absolute Gasteiger partial charge is 0.414 e. The van der Waals surface area contributed by atoms with Gasteiger partial charge >= 0.3 is 6.09 Å². The van der Waals surface area contributed by atoms with Crippen molar-refractivity contribution in [3.05, 3.63) is 90.5 Å². The number of para-hydroxylation sites is 1. The number of anilines is 1. The van der Waals surface area contributed by atoms with Gasteiger partial charge in [-0.15, -0.1) is 0 Å². The lowest BCUT2D eigenvalue weighted by Crippen LogP contribution is -2.67. The van der Waals surface area contributed by atoms with Crippen molar-refractivity contribution in [2.24, 2.45) is 5.92 Å². The van der Waals surface area contributed by atoms with E-state index in [1.807, 2.05) is 36.4 Å². The van der Waals surface area contributed by atoms with Crippen LogP contribution in [0.2, 0.25) is 5.04 Å². The Morgan fingerprint density at radius 1 is 0.953 bits per heavy atom. The molecule has 2 fully saturated rings. The predicted molar refractivity (Wildman–Crippen MR) is 168 cm³/mol. The predicted octanol–water partition coefficient (Wildman–Crippen LogP) is 5.55. The third kappa shape index (κ3) is 4.25. The van der Waals surface area contributed by atoms with Crippen LogP contribution in [0.4, 0.5) is 10.5 Å². The van der Waals surface area contributed by atoms with Gasteiger partial charge in [-0.3, -0.25) is 9.69 Å². The molecule has 7 nitrogen and oxygen atoms in total. The van der Waals surface area contributed by atoms with Gasteiger partial charge < -0.3 is 18.6 Å². The monoisotopic (exact) mass is 599 g/mol. The quantitative estimate of drug-likeness (QED) is 0.332. The number of nitrogens with zero attached hydrogens (tertiary/aromatic N) is 1. The molecule has 0 bridgehead atoms. The zero-order valence-electron chi connectivity index (χ0n) is 25.7. The van der Waals surface area contributed by atoms with E-state index in [4.69, 9.17) is 18.6 Å². The molecule has 3 aromatic carbocycles. The van der Waals surface area contributed by atoms with Crippen molar-refractivity contribution in [3.63, 3.8) is 0 Å². The van der Waals surface area contributed by atoms with Crippen LogP contribution in [0.3, 0.4) is 0 Å². The highest BCUT2D eigenvalue weighted by Crippen LogP contribution is 2.66. The molecule has 8 heteroatoms. The van der Waals surface area contributed by atoms with E-state index >= 15 is 0 Å². The van der Waals surface area contributed by atoms with E-state index in [-0.39, 0.29) is 23.2 Å². The Morgan fingerprint density at radius 3 is 2.14 bits per heavy atom. The van der Waals surface area contributed by atoms with Crippen molar-refractivity contribution >= 4 is 36.3 Å². The van der Waals surface area contributed by atoms with Gasteiger partial charge in [0.25, 0.3) is 8.32 Å². The number of carbonyl (C=O) groups is 2. The van der Waals surface area contributed by atoms with E-state index in [9.17, 15) is 9.59 Å². The van der Waals surface area contributed by atoms with Crippen LogP contribution >= 0.6 is 0 Å². The van der Waals surface area contributed by atoms with Crippen LogP contribution in [0.15, 0.2) is 84.9 Å². The van der Waals surface area contributed by atoms with Crippen molar-refractivity contribution in [1.82, 2.24) is 0 Å². The Hall–Kier alpha value is -3.30. The second kappa shape index (κ2) is 11.0. The van der Waals surface area contributed by atoms with Crippen LogP contribution in [0, 0.1) is 5.92 Å². The Labute approximate surface area is 255 Å². The summed E-state index contributed by atoms with van der Waals surface area (Å²) in [6.45, 7) is 7.17. The number of hydrogen-bond acceptors (Lipinski definition) is 6. The molecule has 0 N–H and O–H groups in total. The van der Waals surface area contributed by atoms with Gasteiger partial charge in [-0.05, 0) is 27.9 Å². The van der Waals surface area contributed by atoms with Crippen molar-refractivity contribution < 1.29 is 28.2 Å². The molecule has 1 aliphatic carbocycles. The first kappa shape index (κ1) is 29.8. The number of methoxy groups -OCH3 is 2. The van der Waals surface area contributed by atoms with Crippen LogP contribution < -0.4 is 15.3 Å². The third-order valence-corrected chi connectivity index (χ3v) is 15.0. The van der Waals surface area contributed by atoms with Gasteiger partial charge in [-0.2, -0.15) is 0 Å². The van der Waals surface area contributed by atoms with Gasteiger partial charge in [0.15, 0.2) is 6.29 Å². The summed E-state index contributed by atoms with van der Waals surface area (Å²) in [5.74, 6) is -0.195. The molecule has 3 aromatic rings. The van der Waals surface area contributed by atoms with E-state index in [0.29, 0.717) is 25.9 Å². The number of Topliss-reactive ketones (excluding diaryl/α,β-unsaturated/α-hetero) is 1. The Morgan fingerprint density at radius 2 is 1.56 bits per heavy atom. The second-order valence-corrected chi connectivity index (χ2v) is 17.2. The average molecular weight is 600 g/mol. The summed E-state index contributed by atoms with van der Waals surface area (Å²) in [7, 11) is 0.179. The maximum absolute atomic E-state index is 13.6. The number of ketones is 1. The summed E-state index contributed by atoms with van der Waals surface area (Å²) in [5.41, 5.74) is -0.137. The van der Waals surface area contributed by atoms with Gasteiger partial charge in [0.05, 0.1) is 18.3 Å². The zero-order chi connectivity index (χ0) is 30.5. The highest BCUT2D eigenvalue weighted by Gasteiger charge is 2.75. The summed E-state index contributed by atoms with van der Waals surface area (Å²) in [6.07, 6.45) is 0.456. The van der Waals surface area contributed by atoms with Gasteiger partial charge in [0, 0.05) is 44.5 Å². The van der Waals surface area contributed by atoms with E-state index < -0.39 is 31.8 Å². The largest absolute Gasteiger partial charge is 0.452 e. The summed E-state index contributed by atoms with van der Waals surface area (Å²) >= 11 is 0. The lowest BCUT2D eigenvalue weighted by Gasteiger charge is -2.49. The normalized spacial score (nSPS) is 26.5. The van der Waals surface area contributed by atoms with E-state index in [2.05, 4.69) is 69.3 Å². The number of fused-ring (bicyclic) bond motifs is 2. The Kier molecular flexibility index (Phi) is 7.61. The maximum atomic E-state index is 13.6. The molecule has 4 atom stereocenters. The average Bonchev–Trinajstić information content (AvgIpc) is 3.42. The molecule has 1 saturated heterocycles. The van der Waals surface area contributed by atoms with Gasteiger partial charge in [0.2, 0.25) is 0 Å². The SMILES string of the molecule is COC(=O)N1c2ccccc2[C@@]2(CCO[Si](c3ccccc3)(c3ccccc3)C(C)(C)C)O[C@@H](OC)[C@@H]3CC(=O)CC[C@]312. The molecule has 43 heavy (non-hydrogen) atoms. The molecular weight excluding hydrogens is 558 g/mol. The molecule has 1 amide bonds. The van der Waals surface area contributed by atoms with Crippen LogP contribution in [0.5, 0.6) is 0 Å². The second-order valence-electron chi connectivity index (χ2n) is 12.9. The fourth-order valence-corrected chi connectivity index (χ4v) is 12.9. The standard InChI is InChI=1S/C35H41NO6Si/c1-33(2,3)43(26-14-8-6-9-15-26,27-16-10-7-11-17-27)41-23-22-35-28-18-12-13-19-30(28)36(32(38)40-5)34(35)21-20-25(37)24-29(34)31(39-4)42-35/h6-19,29,31H,20-24H2,1-5H3/t29-,31+,34+,35+/m0/s1. The maximum Gasteiger partial charge on any atom is 0.414 e. The van der Waals surface area contributed by atoms with Crippen LogP contribution in [-0.2, 0) is 29.0 Å². The number of benzene rings is 3. The molecule has 2 aliphatic heterocycles. The van der Waals surface area contributed by atoms with E-state index in [1.165, 1.54) is 17.5 Å². The van der Waals surface area contributed by atoms with Gasteiger partial charge in [0.1, 0.15) is 11.4 Å². The van der Waals surface area contributed by atoms with Crippen molar-refractivity contribution in [2.75, 3.05) is 25.7 Å². The van der Waals surface area contributed by atoms with Crippen LogP contribution in [0.1, 0.15) is 52.0 Å². The van der Waals surface area contributed by atoms with Crippen LogP contribution in [-0.4, -0.2) is 52.8 Å². The van der Waals surface area contributed by atoms with Crippen molar-refractivity contribution in [3.8, 4) is 0 Å². The lowest BCUT2D eigenvalue weighted by atomic mass is 9.63. The minimum absolute atomic E-state index is 0.154. The fraction of sp³-hybridized carbons (Fsp3) is 0.429. The first-order valence-electron chi connectivity index (χ1n) is 15.1. The Balaban J connectivity index is 1.48. The molecule has 6 rings (SSSR count). The summed E-state index contributed by atoms with van der Waals surface area (Å²) in [5, 5.41) is 2.21. The zero-order valence-corrected chi connectivity index (χ0v) is 26.7. The number of ether oxygens (including phenoxy) is 3. The van der Waals surface area contributed by atoms with Crippen LogP contribution in [0.25, 0.3) is 0 Å².